The average molecular weight is 493 g/mol. The maximum absolute atomic E-state index is 12.7. The molecule has 1 amide bonds. The molecule has 3 aliphatic rings. The number of ether oxygens (including phenoxy) is 2. The van der Waals surface area contributed by atoms with Crippen LogP contribution in [0.3, 0.4) is 0 Å². The Morgan fingerprint density at radius 1 is 1.08 bits per heavy atom. The Morgan fingerprint density at radius 3 is 2.64 bits per heavy atom. The largest absolute Gasteiger partial charge is 0.445 e. The Labute approximate surface area is 212 Å². The van der Waals surface area contributed by atoms with Gasteiger partial charge in [0.2, 0.25) is 0 Å². The van der Waals surface area contributed by atoms with Gasteiger partial charge in [-0.05, 0) is 74.2 Å². The molecule has 3 fully saturated rings. The van der Waals surface area contributed by atoms with E-state index in [0.29, 0.717) is 31.6 Å². The number of nitrogens with zero attached hydrogens (tertiary/aromatic N) is 1. The molecule has 192 valence electrons. The number of hydrogen-bond acceptors (Lipinski definition) is 6. The Balaban J connectivity index is 1.35. The van der Waals surface area contributed by atoms with E-state index in [1.54, 1.807) is 6.07 Å². The Bertz CT molecular complexity index is 1090. The number of carbonyl (C=O) groups is 2. The van der Waals surface area contributed by atoms with E-state index in [1.165, 1.54) is 19.8 Å². The van der Waals surface area contributed by atoms with Gasteiger partial charge in [0.25, 0.3) is 0 Å². The average Bonchev–Trinajstić information content (AvgIpc) is 3.67. The third-order valence-corrected chi connectivity index (χ3v) is 8.13. The van der Waals surface area contributed by atoms with Crippen LogP contribution in [0, 0.1) is 5.92 Å². The molecule has 2 aromatic rings. The van der Waals surface area contributed by atoms with E-state index in [2.05, 4.69) is 10.2 Å². The van der Waals surface area contributed by atoms with Gasteiger partial charge in [0, 0.05) is 31.5 Å². The third kappa shape index (κ3) is 5.42. The zero-order chi connectivity index (χ0) is 25.2. The first-order valence-electron chi connectivity index (χ1n) is 13.1. The van der Waals surface area contributed by atoms with Crippen LogP contribution >= 0.6 is 0 Å². The number of likely N-dealkylation sites (tertiary alicyclic amines) is 1. The number of β-amino-alcohol motifs (C(OH)–C–C–N with tert-alkyl or cyclic N) is 1. The zero-order valence-electron chi connectivity index (χ0n) is 20.9. The molecule has 7 heteroatoms. The number of aliphatic hydroxyl groups is 1. The number of nitrogens with one attached hydrogen (secondary N) is 1. The summed E-state index contributed by atoms with van der Waals surface area (Å²) in [6.07, 6.45) is 4.75. The highest BCUT2D eigenvalue weighted by Crippen LogP contribution is 2.52. The fourth-order valence-electron chi connectivity index (χ4n) is 6.16. The summed E-state index contributed by atoms with van der Waals surface area (Å²) in [7, 11) is 0. The summed E-state index contributed by atoms with van der Waals surface area (Å²) in [6, 6.07) is 17.0. The van der Waals surface area contributed by atoms with Crippen LogP contribution in [0.2, 0.25) is 0 Å². The summed E-state index contributed by atoms with van der Waals surface area (Å²) in [5.41, 5.74) is 0.409. The van der Waals surface area contributed by atoms with Crippen molar-refractivity contribution in [2.45, 2.75) is 69.1 Å². The van der Waals surface area contributed by atoms with Crippen molar-refractivity contribution in [3.05, 3.63) is 65.7 Å². The van der Waals surface area contributed by atoms with E-state index in [9.17, 15) is 14.7 Å². The fourth-order valence-corrected chi connectivity index (χ4v) is 6.16. The minimum absolute atomic E-state index is 0.124. The van der Waals surface area contributed by atoms with Crippen LogP contribution in [0.25, 0.3) is 0 Å². The summed E-state index contributed by atoms with van der Waals surface area (Å²) in [5.74, 6) is 0.865. The van der Waals surface area contributed by atoms with Crippen LogP contribution in [-0.4, -0.2) is 53.3 Å². The van der Waals surface area contributed by atoms with Gasteiger partial charge in [-0.3, -0.25) is 4.79 Å². The molecule has 2 N–H and O–H groups in total. The van der Waals surface area contributed by atoms with E-state index in [1.807, 2.05) is 48.5 Å². The molecule has 1 heterocycles. The lowest BCUT2D eigenvalue weighted by molar-refractivity contribution is -0.132. The summed E-state index contributed by atoms with van der Waals surface area (Å²) in [4.78, 5) is 26.7. The van der Waals surface area contributed by atoms with E-state index >= 15 is 0 Å². The zero-order valence-corrected chi connectivity index (χ0v) is 20.9. The molecular weight excluding hydrogens is 456 g/mol. The molecule has 0 spiro atoms. The Morgan fingerprint density at radius 2 is 1.89 bits per heavy atom. The van der Waals surface area contributed by atoms with Gasteiger partial charge >= 0.3 is 12.1 Å². The number of fused-ring (bicyclic) bond motifs is 1. The molecular formula is C29H36N2O5. The van der Waals surface area contributed by atoms with Gasteiger partial charge in [0.05, 0.1) is 5.60 Å². The molecule has 0 aromatic heterocycles. The molecule has 0 bridgehead atoms. The number of alkyl carbamates (subject to hydrolysis) is 1. The summed E-state index contributed by atoms with van der Waals surface area (Å²) in [6.45, 7) is 4.15. The molecule has 2 aliphatic carbocycles. The maximum Gasteiger partial charge on any atom is 0.407 e. The highest BCUT2D eigenvalue weighted by molar-refractivity contribution is 5.69. The van der Waals surface area contributed by atoms with Gasteiger partial charge in [0.15, 0.2) is 0 Å². The summed E-state index contributed by atoms with van der Waals surface area (Å²) < 4.78 is 10.9. The van der Waals surface area contributed by atoms with E-state index in [0.717, 1.165) is 36.6 Å². The number of esters is 1. The predicted octanol–water partition coefficient (Wildman–Crippen LogP) is 4.18. The molecule has 2 aromatic carbocycles. The van der Waals surface area contributed by atoms with Crippen molar-refractivity contribution in [2.24, 2.45) is 5.92 Å². The lowest BCUT2D eigenvalue weighted by atomic mass is 9.55. The molecule has 1 aliphatic heterocycles. The number of carbonyl (C=O) groups excluding carboxylic acids is 2. The molecule has 3 unspecified atom stereocenters. The minimum atomic E-state index is -0.929. The van der Waals surface area contributed by atoms with Gasteiger partial charge in [-0.1, -0.05) is 42.5 Å². The molecule has 2 saturated carbocycles. The van der Waals surface area contributed by atoms with Crippen LogP contribution in [-0.2, 0) is 21.6 Å². The molecule has 36 heavy (non-hydrogen) atoms. The van der Waals surface area contributed by atoms with E-state index in [-0.39, 0.29) is 18.6 Å². The second kappa shape index (κ2) is 10.2. The van der Waals surface area contributed by atoms with Crippen LogP contribution in [0.4, 0.5) is 4.79 Å². The van der Waals surface area contributed by atoms with E-state index in [4.69, 9.17) is 9.47 Å². The second-order valence-corrected chi connectivity index (χ2v) is 10.8. The van der Waals surface area contributed by atoms with Gasteiger partial charge in [0.1, 0.15) is 12.4 Å². The number of rotatable bonds is 7. The first-order valence-corrected chi connectivity index (χ1v) is 13.1. The van der Waals surface area contributed by atoms with Gasteiger partial charge in [-0.2, -0.15) is 0 Å². The summed E-state index contributed by atoms with van der Waals surface area (Å²) >= 11 is 0. The molecule has 0 radical (unpaired) electrons. The number of amides is 1. The van der Waals surface area contributed by atoms with Gasteiger partial charge in [-0.25, -0.2) is 4.79 Å². The first-order chi connectivity index (χ1) is 17.3. The van der Waals surface area contributed by atoms with Crippen molar-refractivity contribution in [1.82, 2.24) is 10.2 Å². The monoisotopic (exact) mass is 492 g/mol. The predicted molar refractivity (Wildman–Crippen MR) is 136 cm³/mol. The highest BCUT2D eigenvalue weighted by atomic mass is 16.5. The third-order valence-electron chi connectivity index (χ3n) is 8.13. The first kappa shape index (κ1) is 24.8. The van der Waals surface area contributed by atoms with Gasteiger partial charge < -0.3 is 24.8 Å². The summed E-state index contributed by atoms with van der Waals surface area (Å²) in [5, 5.41) is 15.2. The molecule has 7 nitrogen and oxygen atoms in total. The van der Waals surface area contributed by atoms with Crippen molar-refractivity contribution in [1.29, 1.82) is 0 Å². The lowest BCUT2D eigenvalue weighted by Crippen LogP contribution is -2.67. The molecule has 1 saturated heterocycles. The fraction of sp³-hybridized carbons (Fsp3) is 0.517. The van der Waals surface area contributed by atoms with Crippen molar-refractivity contribution in [3.63, 3.8) is 0 Å². The van der Waals surface area contributed by atoms with Crippen LogP contribution in [0.5, 0.6) is 5.75 Å². The van der Waals surface area contributed by atoms with Crippen LogP contribution in [0.15, 0.2) is 54.6 Å². The Hall–Kier alpha value is -2.90. The van der Waals surface area contributed by atoms with Crippen molar-refractivity contribution in [3.8, 4) is 5.75 Å². The van der Waals surface area contributed by atoms with Gasteiger partial charge in [-0.15, -0.1) is 0 Å². The molecule has 3 atom stereocenters. The van der Waals surface area contributed by atoms with Crippen molar-refractivity contribution < 1.29 is 24.2 Å². The van der Waals surface area contributed by atoms with Crippen LogP contribution in [0.1, 0.15) is 56.6 Å². The molecule has 5 rings (SSSR count). The topological polar surface area (TPSA) is 88.1 Å². The maximum atomic E-state index is 12.7. The van der Waals surface area contributed by atoms with E-state index < -0.39 is 17.1 Å². The van der Waals surface area contributed by atoms with Crippen LogP contribution < -0.4 is 10.1 Å². The highest BCUT2D eigenvalue weighted by Gasteiger charge is 2.58. The number of hydrogen-bond donors (Lipinski definition) is 2. The van der Waals surface area contributed by atoms with Crippen molar-refractivity contribution >= 4 is 12.1 Å². The SMILES string of the molecule is CC(=O)Oc1cccc(C23CCN(CC4CC4)CC2(O)CCC(NC(=O)OCc2ccccc2)C3)c1. The number of piperidine rings is 1. The Kier molecular flexibility index (Phi) is 7.04. The standard InChI is InChI=1S/C29H36N2O5/c1-21(32)36-26-9-5-8-24(16-26)28-14-15-31(18-22-10-11-22)20-29(28,34)13-12-25(17-28)30-27(33)35-19-23-6-3-2-4-7-23/h2-9,16,22,25,34H,10-15,17-20H2,1H3,(H,30,33). The quantitative estimate of drug-likeness (QED) is 0.446. The number of benzene rings is 2. The lowest BCUT2D eigenvalue weighted by Gasteiger charge is -2.58. The second-order valence-electron chi connectivity index (χ2n) is 10.8. The smallest absolute Gasteiger partial charge is 0.407 e. The minimum Gasteiger partial charge on any atom is -0.445 e. The van der Waals surface area contributed by atoms with Crippen molar-refractivity contribution in [2.75, 3.05) is 19.6 Å². The normalized spacial score (nSPS) is 28.1.